The molecule has 1 aromatic rings. The van der Waals surface area contributed by atoms with Crippen molar-refractivity contribution in [2.24, 2.45) is 5.92 Å². The molecule has 0 fully saturated rings. The first-order valence-corrected chi connectivity index (χ1v) is 6.08. The van der Waals surface area contributed by atoms with Gasteiger partial charge in [0.25, 0.3) is 0 Å². The predicted molar refractivity (Wildman–Crippen MR) is 72.1 cm³/mol. The molecule has 1 atom stereocenters. The van der Waals surface area contributed by atoms with Crippen molar-refractivity contribution in [1.29, 1.82) is 0 Å². The van der Waals surface area contributed by atoms with Crippen LogP contribution in [0.5, 0.6) is 0 Å². The molecule has 1 aromatic carbocycles. The van der Waals surface area contributed by atoms with Crippen molar-refractivity contribution >= 4 is 23.0 Å². The van der Waals surface area contributed by atoms with Crippen LogP contribution in [-0.2, 0) is 4.79 Å². The van der Waals surface area contributed by atoms with Crippen molar-refractivity contribution in [1.82, 2.24) is 0 Å². The van der Waals surface area contributed by atoms with Gasteiger partial charge in [-0.15, -0.1) is 0 Å². The Morgan fingerprint density at radius 1 is 1.21 bits per heavy atom. The lowest BCUT2D eigenvalue weighted by Gasteiger charge is -2.21. The molecule has 0 aliphatic heterocycles. The van der Waals surface area contributed by atoms with Crippen LogP contribution in [0.3, 0.4) is 0 Å². The number of nitrogen functional groups attached to an aromatic ring is 1. The Bertz CT molecular complexity index is 610. The maximum atomic E-state index is 12.3. The van der Waals surface area contributed by atoms with Crippen LogP contribution >= 0.6 is 0 Å². The van der Waals surface area contributed by atoms with Crippen LogP contribution in [0.2, 0.25) is 0 Å². The van der Waals surface area contributed by atoms with E-state index < -0.39 is 17.5 Å². The van der Waals surface area contributed by atoms with E-state index in [1.807, 2.05) is 13.8 Å². The van der Waals surface area contributed by atoms with Crippen LogP contribution in [0.15, 0.2) is 29.8 Å². The molecule has 0 aromatic heterocycles. The largest absolute Gasteiger partial charge is 0.398 e. The molecule has 0 heterocycles. The number of rotatable bonds is 2. The Hall–Kier alpha value is -2.23. The number of allylic oxidation sites excluding steroid dienone is 2. The minimum Gasteiger partial charge on any atom is -0.398 e. The summed E-state index contributed by atoms with van der Waals surface area (Å²) in [5.74, 6) is -2.54. The normalized spacial score (nSPS) is 18.2. The minimum absolute atomic E-state index is 0.128. The van der Waals surface area contributed by atoms with Gasteiger partial charge >= 0.3 is 0 Å². The average molecular weight is 257 g/mol. The van der Waals surface area contributed by atoms with Crippen molar-refractivity contribution < 1.29 is 14.4 Å². The number of anilines is 1. The van der Waals surface area contributed by atoms with Crippen LogP contribution in [0.4, 0.5) is 5.69 Å². The molecule has 0 saturated carbocycles. The summed E-state index contributed by atoms with van der Waals surface area (Å²) < 4.78 is 0. The van der Waals surface area contributed by atoms with E-state index in [1.54, 1.807) is 18.2 Å². The highest BCUT2D eigenvalue weighted by Gasteiger charge is 2.40. The summed E-state index contributed by atoms with van der Waals surface area (Å²) in [4.78, 5) is 36.3. The fourth-order valence-electron chi connectivity index (χ4n) is 2.19. The van der Waals surface area contributed by atoms with Crippen LogP contribution in [-0.4, -0.2) is 17.3 Å². The predicted octanol–water partition coefficient (Wildman–Crippen LogP) is 2.19. The number of carbonyl (C=O) groups is 3. The fraction of sp³-hybridized carbons (Fsp3) is 0.267. The highest BCUT2D eigenvalue weighted by atomic mass is 16.2. The molecule has 1 aliphatic carbocycles. The summed E-state index contributed by atoms with van der Waals surface area (Å²) in [6, 6.07) is 4.61. The number of ketones is 3. The number of carbonyl (C=O) groups excluding carboxylic acids is 3. The van der Waals surface area contributed by atoms with E-state index >= 15 is 0 Å². The summed E-state index contributed by atoms with van der Waals surface area (Å²) in [7, 11) is 0. The molecule has 0 saturated heterocycles. The van der Waals surface area contributed by atoms with Gasteiger partial charge in [0.1, 0.15) is 0 Å². The maximum Gasteiger partial charge on any atom is 0.230 e. The number of Topliss-reactive ketones (excluding diaryl/α,β-unsaturated/α-hetero) is 3. The molecule has 19 heavy (non-hydrogen) atoms. The van der Waals surface area contributed by atoms with Gasteiger partial charge in [-0.2, -0.15) is 0 Å². The van der Waals surface area contributed by atoms with Gasteiger partial charge in [-0.05, 0) is 26.3 Å². The standard InChI is InChI=1S/C15H15NO3/c1-8(2)6-7-10-13(17)12-9(14(18)15(10)19)4-3-5-11(12)16/h3-6,10H,7,16H2,1-2H3. The van der Waals surface area contributed by atoms with E-state index in [0.29, 0.717) is 0 Å². The summed E-state index contributed by atoms with van der Waals surface area (Å²) in [5, 5.41) is 0. The molecule has 4 heteroatoms. The lowest BCUT2D eigenvalue weighted by molar-refractivity contribution is -0.117. The molecule has 0 radical (unpaired) electrons. The van der Waals surface area contributed by atoms with Gasteiger partial charge in [-0.25, -0.2) is 0 Å². The summed E-state index contributed by atoms with van der Waals surface area (Å²) in [6.07, 6.45) is 2.04. The monoisotopic (exact) mass is 257 g/mol. The zero-order valence-corrected chi connectivity index (χ0v) is 10.9. The lowest BCUT2D eigenvalue weighted by Crippen LogP contribution is -2.37. The van der Waals surface area contributed by atoms with Gasteiger partial charge < -0.3 is 5.73 Å². The van der Waals surface area contributed by atoms with Gasteiger partial charge in [0.05, 0.1) is 11.5 Å². The molecule has 4 nitrogen and oxygen atoms in total. The van der Waals surface area contributed by atoms with E-state index in [0.717, 1.165) is 5.57 Å². The first kappa shape index (κ1) is 13.2. The Morgan fingerprint density at radius 3 is 2.53 bits per heavy atom. The minimum atomic E-state index is -0.931. The Labute approximate surface area is 111 Å². The van der Waals surface area contributed by atoms with Crippen molar-refractivity contribution in [3.63, 3.8) is 0 Å². The second-order valence-corrected chi connectivity index (χ2v) is 4.90. The number of fused-ring (bicyclic) bond motifs is 1. The van der Waals surface area contributed by atoms with Gasteiger partial charge in [0, 0.05) is 11.3 Å². The van der Waals surface area contributed by atoms with E-state index in [2.05, 4.69) is 0 Å². The lowest BCUT2D eigenvalue weighted by atomic mass is 9.78. The molecule has 1 unspecified atom stereocenters. The third kappa shape index (κ3) is 2.21. The van der Waals surface area contributed by atoms with E-state index in [9.17, 15) is 14.4 Å². The quantitative estimate of drug-likeness (QED) is 0.381. The van der Waals surface area contributed by atoms with Crippen LogP contribution in [0.25, 0.3) is 0 Å². The van der Waals surface area contributed by atoms with Crippen molar-refractivity contribution in [3.05, 3.63) is 41.0 Å². The summed E-state index contributed by atoms with van der Waals surface area (Å²) in [6.45, 7) is 3.75. The molecule has 98 valence electrons. The molecule has 2 rings (SSSR count). The molecule has 0 spiro atoms. The number of hydrogen-bond donors (Lipinski definition) is 1. The topological polar surface area (TPSA) is 77.2 Å². The van der Waals surface area contributed by atoms with Crippen LogP contribution < -0.4 is 5.73 Å². The Kier molecular flexibility index (Phi) is 3.34. The SMILES string of the molecule is CC(C)=CCC1C(=O)C(=O)c2cccc(N)c2C1=O. The van der Waals surface area contributed by atoms with Gasteiger partial charge in [-0.3, -0.25) is 14.4 Å². The van der Waals surface area contributed by atoms with Crippen molar-refractivity contribution in [3.8, 4) is 0 Å². The maximum absolute atomic E-state index is 12.3. The van der Waals surface area contributed by atoms with E-state index in [1.165, 1.54) is 6.07 Å². The third-order valence-electron chi connectivity index (χ3n) is 3.21. The Balaban J connectivity index is 2.50. The molecule has 0 amide bonds. The second-order valence-electron chi connectivity index (χ2n) is 4.90. The van der Waals surface area contributed by atoms with Gasteiger partial charge in [0.2, 0.25) is 11.6 Å². The molecule has 1 aliphatic rings. The van der Waals surface area contributed by atoms with E-state index in [-0.39, 0.29) is 29.0 Å². The first-order chi connectivity index (χ1) is 8.93. The smallest absolute Gasteiger partial charge is 0.230 e. The zero-order valence-electron chi connectivity index (χ0n) is 10.9. The Morgan fingerprint density at radius 2 is 1.89 bits per heavy atom. The number of nitrogens with two attached hydrogens (primary N) is 1. The van der Waals surface area contributed by atoms with Crippen molar-refractivity contribution in [2.45, 2.75) is 20.3 Å². The highest BCUT2D eigenvalue weighted by Crippen LogP contribution is 2.29. The fourth-order valence-corrected chi connectivity index (χ4v) is 2.19. The van der Waals surface area contributed by atoms with Gasteiger partial charge in [0.15, 0.2) is 5.78 Å². The first-order valence-electron chi connectivity index (χ1n) is 6.08. The zero-order chi connectivity index (χ0) is 14.2. The van der Waals surface area contributed by atoms with Gasteiger partial charge in [-0.1, -0.05) is 23.8 Å². The van der Waals surface area contributed by atoms with E-state index in [4.69, 9.17) is 5.73 Å². The summed E-state index contributed by atoms with van der Waals surface area (Å²) in [5.41, 5.74) is 7.33. The van der Waals surface area contributed by atoms with Crippen LogP contribution in [0.1, 0.15) is 41.0 Å². The molecule has 2 N–H and O–H groups in total. The molecule has 0 bridgehead atoms. The van der Waals surface area contributed by atoms with Crippen LogP contribution in [0, 0.1) is 5.92 Å². The number of benzene rings is 1. The molecular formula is C15H15NO3. The third-order valence-corrected chi connectivity index (χ3v) is 3.21. The highest BCUT2D eigenvalue weighted by molar-refractivity contribution is 6.52. The second kappa shape index (κ2) is 4.80. The average Bonchev–Trinajstić information content (AvgIpc) is 2.35. The number of hydrogen-bond acceptors (Lipinski definition) is 4. The summed E-state index contributed by atoms with van der Waals surface area (Å²) >= 11 is 0. The van der Waals surface area contributed by atoms with Crippen molar-refractivity contribution in [2.75, 3.05) is 5.73 Å². The molecular weight excluding hydrogens is 242 g/mol.